The quantitative estimate of drug-likeness (QED) is 0.725. The lowest BCUT2D eigenvalue weighted by Crippen LogP contribution is -2.48. The molecule has 0 aromatic heterocycles. The molecular weight excluding hydrogens is 190 g/mol. The lowest BCUT2D eigenvalue weighted by Gasteiger charge is -2.33. The second kappa shape index (κ2) is 3.35. The van der Waals surface area contributed by atoms with Crippen molar-refractivity contribution in [1.82, 2.24) is 5.32 Å². The van der Waals surface area contributed by atoms with E-state index in [0.29, 0.717) is 6.41 Å². The zero-order valence-electron chi connectivity index (χ0n) is 8.73. The molecule has 0 heterocycles. The molecule has 15 heavy (non-hydrogen) atoms. The molecule has 1 aromatic carbocycles. The molecule has 1 amide bonds. The molecule has 0 saturated heterocycles. The van der Waals surface area contributed by atoms with Gasteiger partial charge in [0.25, 0.3) is 0 Å². The topological polar surface area (TPSA) is 49.3 Å². The maximum atomic E-state index is 10.5. The van der Waals surface area contributed by atoms with E-state index in [-0.39, 0.29) is 0 Å². The Bertz CT molecular complexity index is 355. The molecule has 0 aliphatic heterocycles. The van der Waals surface area contributed by atoms with Crippen LogP contribution >= 0.6 is 0 Å². The fraction of sp³-hybridized carbons (Fsp3) is 0.417. The summed E-state index contributed by atoms with van der Waals surface area (Å²) in [5.74, 6) is 0. The largest absolute Gasteiger partial charge is 0.383 e. The maximum Gasteiger partial charge on any atom is 0.207 e. The molecule has 1 unspecified atom stereocenters. The van der Waals surface area contributed by atoms with Crippen molar-refractivity contribution in [2.45, 2.75) is 30.9 Å². The average molecular weight is 205 g/mol. The van der Waals surface area contributed by atoms with Gasteiger partial charge in [-0.1, -0.05) is 30.3 Å². The van der Waals surface area contributed by atoms with Gasteiger partial charge in [-0.15, -0.1) is 0 Å². The van der Waals surface area contributed by atoms with Gasteiger partial charge in [0, 0.05) is 0 Å². The molecule has 1 atom stereocenters. The third kappa shape index (κ3) is 1.53. The number of hydrogen-bond acceptors (Lipinski definition) is 2. The van der Waals surface area contributed by atoms with Gasteiger partial charge in [0.15, 0.2) is 0 Å². The molecule has 1 aromatic rings. The van der Waals surface area contributed by atoms with E-state index in [1.165, 1.54) is 0 Å². The molecule has 3 heteroatoms. The van der Waals surface area contributed by atoms with Crippen molar-refractivity contribution in [2.75, 3.05) is 0 Å². The Morgan fingerprint density at radius 1 is 1.40 bits per heavy atom. The number of benzene rings is 1. The second-order valence-electron chi connectivity index (χ2n) is 4.28. The highest BCUT2D eigenvalue weighted by Gasteiger charge is 2.57. The Morgan fingerprint density at radius 2 is 2.00 bits per heavy atom. The molecule has 1 fully saturated rings. The van der Waals surface area contributed by atoms with Gasteiger partial charge in [-0.2, -0.15) is 0 Å². The molecule has 2 N–H and O–H groups in total. The lowest BCUT2D eigenvalue weighted by molar-refractivity contribution is -0.113. The predicted octanol–water partition coefficient (Wildman–Crippen LogP) is 1.17. The number of nitrogens with one attached hydrogen (secondary N) is 1. The van der Waals surface area contributed by atoms with Crippen molar-refractivity contribution >= 4 is 6.41 Å². The summed E-state index contributed by atoms with van der Waals surface area (Å²) in [6.07, 6.45) is 2.33. The van der Waals surface area contributed by atoms with Crippen LogP contribution in [0, 0.1) is 0 Å². The molecule has 0 radical (unpaired) electrons. The van der Waals surface area contributed by atoms with E-state index in [9.17, 15) is 9.90 Å². The van der Waals surface area contributed by atoms with E-state index < -0.39 is 11.1 Å². The van der Waals surface area contributed by atoms with Crippen molar-refractivity contribution in [1.29, 1.82) is 0 Å². The summed E-state index contributed by atoms with van der Waals surface area (Å²) in [6, 6.07) is 9.45. The van der Waals surface area contributed by atoms with Gasteiger partial charge in [-0.25, -0.2) is 0 Å². The number of carbonyl (C=O) groups is 1. The van der Waals surface area contributed by atoms with E-state index in [2.05, 4.69) is 5.32 Å². The highest BCUT2D eigenvalue weighted by atomic mass is 16.3. The van der Waals surface area contributed by atoms with E-state index in [1.807, 2.05) is 30.3 Å². The van der Waals surface area contributed by atoms with Crippen LogP contribution in [0.25, 0.3) is 0 Å². The monoisotopic (exact) mass is 205 g/mol. The van der Waals surface area contributed by atoms with Gasteiger partial charge in [-0.05, 0) is 25.3 Å². The lowest BCUT2D eigenvalue weighted by atomic mass is 9.86. The summed E-state index contributed by atoms with van der Waals surface area (Å²) in [5.41, 5.74) is -0.609. The summed E-state index contributed by atoms with van der Waals surface area (Å²) < 4.78 is 0. The molecule has 0 spiro atoms. The predicted molar refractivity (Wildman–Crippen MR) is 57.2 cm³/mol. The summed E-state index contributed by atoms with van der Waals surface area (Å²) in [5, 5.41) is 13.2. The minimum absolute atomic E-state index is 0.462. The number of rotatable bonds is 4. The molecule has 1 aliphatic rings. The number of carbonyl (C=O) groups excluding carboxylic acids is 1. The standard InChI is InChI=1S/C12H15NO2/c1-11(15,10-5-3-2-4-6-10)12(7-8-12)13-9-14/h2-6,9,15H,7-8H2,1H3,(H,13,14). The molecule has 1 saturated carbocycles. The van der Waals surface area contributed by atoms with Crippen LogP contribution < -0.4 is 5.32 Å². The van der Waals surface area contributed by atoms with Gasteiger partial charge < -0.3 is 10.4 Å². The highest BCUT2D eigenvalue weighted by molar-refractivity contribution is 5.51. The van der Waals surface area contributed by atoms with Crippen LogP contribution in [0.15, 0.2) is 30.3 Å². The first-order valence-electron chi connectivity index (χ1n) is 5.12. The molecule has 2 rings (SSSR count). The minimum Gasteiger partial charge on any atom is -0.383 e. The molecule has 3 nitrogen and oxygen atoms in total. The van der Waals surface area contributed by atoms with Crippen molar-refractivity contribution in [3.05, 3.63) is 35.9 Å². The SMILES string of the molecule is CC(O)(c1ccccc1)C1(NC=O)CC1. The van der Waals surface area contributed by atoms with Gasteiger partial charge >= 0.3 is 0 Å². The zero-order chi connectivity index (χ0) is 10.9. The Labute approximate surface area is 89.1 Å². The smallest absolute Gasteiger partial charge is 0.207 e. The Kier molecular flexibility index (Phi) is 2.27. The van der Waals surface area contributed by atoms with Crippen LogP contribution in [0.3, 0.4) is 0 Å². The van der Waals surface area contributed by atoms with Crippen molar-refractivity contribution in [3.8, 4) is 0 Å². The van der Waals surface area contributed by atoms with Gasteiger partial charge in [0.1, 0.15) is 5.60 Å². The molecule has 0 bridgehead atoms. The van der Waals surface area contributed by atoms with Gasteiger partial charge in [0.2, 0.25) is 6.41 Å². The molecular formula is C12H15NO2. The van der Waals surface area contributed by atoms with Crippen LogP contribution in [0.5, 0.6) is 0 Å². The fourth-order valence-electron chi connectivity index (χ4n) is 2.05. The van der Waals surface area contributed by atoms with Crippen LogP contribution in [-0.2, 0) is 10.4 Å². The van der Waals surface area contributed by atoms with Crippen molar-refractivity contribution in [3.63, 3.8) is 0 Å². The Balaban J connectivity index is 2.31. The summed E-state index contributed by atoms with van der Waals surface area (Å²) in [6.45, 7) is 1.76. The normalized spacial score (nSPS) is 21.5. The maximum absolute atomic E-state index is 10.5. The van der Waals surface area contributed by atoms with Gasteiger partial charge in [-0.3, -0.25) is 4.79 Å². The second-order valence-corrected chi connectivity index (χ2v) is 4.28. The van der Waals surface area contributed by atoms with Crippen molar-refractivity contribution < 1.29 is 9.90 Å². The number of hydrogen-bond donors (Lipinski definition) is 2. The van der Waals surface area contributed by atoms with Crippen molar-refractivity contribution in [2.24, 2.45) is 0 Å². The first kappa shape index (κ1) is 10.2. The van der Waals surface area contributed by atoms with E-state index in [1.54, 1.807) is 6.92 Å². The minimum atomic E-state index is -0.991. The first-order valence-corrected chi connectivity index (χ1v) is 5.12. The van der Waals surface area contributed by atoms with Crippen LogP contribution in [0.4, 0.5) is 0 Å². The third-order valence-electron chi connectivity index (χ3n) is 3.35. The van der Waals surface area contributed by atoms with E-state index in [4.69, 9.17) is 0 Å². The van der Waals surface area contributed by atoms with Crippen LogP contribution in [0.1, 0.15) is 25.3 Å². The molecule has 1 aliphatic carbocycles. The van der Waals surface area contributed by atoms with E-state index in [0.717, 1.165) is 18.4 Å². The van der Waals surface area contributed by atoms with Gasteiger partial charge in [0.05, 0.1) is 5.54 Å². The Hall–Kier alpha value is -1.35. The summed E-state index contributed by atoms with van der Waals surface area (Å²) in [7, 11) is 0. The summed E-state index contributed by atoms with van der Waals surface area (Å²) in [4.78, 5) is 10.5. The molecule has 80 valence electrons. The summed E-state index contributed by atoms with van der Waals surface area (Å²) >= 11 is 0. The number of aliphatic hydroxyl groups is 1. The third-order valence-corrected chi connectivity index (χ3v) is 3.35. The average Bonchev–Trinajstić information content (AvgIpc) is 3.01. The van der Waals surface area contributed by atoms with E-state index >= 15 is 0 Å². The highest BCUT2D eigenvalue weighted by Crippen LogP contribution is 2.49. The zero-order valence-corrected chi connectivity index (χ0v) is 8.73. The fourth-order valence-corrected chi connectivity index (χ4v) is 2.05. The van der Waals surface area contributed by atoms with Crippen LogP contribution in [0.2, 0.25) is 0 Å². The first-order chi connectivity index (χ1) is 7.12. The van der Waals surface area contributed by atoms with Crippen LogP contribution in [-0.4, -0.2) is 17.1 Å². The Morgan fingerprint density at radius 3 is 2.47 bits per heavy atom. The number of amides is 1.